The Labute approximate surface area is 207 Å². The van der Waals surface area contributed by atoms with E-state index in [9.17, 15) is 14.9 Å². The van der Waals surface area contributed by atoms with Crippen molar-refractivity contribution >= 4 is 29.4 Å². The second-order valence-corrected chi connectivity index (χ2v) is 7.53. The van der Waals surface area contributed by atoms with Crippen molar-refractivity contribution in [1.82, 2.24) is 4.98 Å². The van der Waals surface area contributed by atoms with Crippen LogP contribution in [0.3, 0.4) is 0 Å². The summed E-state index contributed by atoms with van der Waals surface area (Å²) in [5.74, 6) is 0.422. The molecule has 0 saturated heterocycles. The number of aromatic nitrogens is 1. The Kier molecular flexibility index (Phi) is 7.08. The number of carbonyl (C=O) groups excluding carboxylic acids is 2. The number of rotatable bonds is 5. The number of nitrogen functional groups attached to an aromatic ring is 1. The molecule has 0 atom stereocenters. The molecule has 0 aliphatic heterocycles. The van der Waals surface area contributed by atoms with E-state index in [1.165, 1.54) is 7.11 Å². The van der Waals surface area contributed by atoms with E-state index in [-0.39, 0.29) is 11.4 Å². The Bertz CT molecular complexity index is 1430. The molecule has 1 heterocycles. The van der Waals surface area contributed by atoms with Crippen molar-refractivity contribution in [3.63, 3.8) is 0 Å². The lowest BCUT2D eigenvalue weighted by molar-refractivity contribution is 0.187. The highest BCUT2D eigenvalue weighted by molar-refractivity contribution is 5.87. The first-order valence-corrected chi connectivity index (χ1v) is 10.8. The third kappa shape index (κ3) is 5.58. The Morgan fingerprint density at radius 1 is 0.861 bits per heavy atom. The lowest BCUT2D eigenvalue weighted by Crippen LogP contribution is -2.16. The highest BCUT2D eigenvalue weighted by Crippen LogP contribution is 2.32. The van der Waals surface area contributed by atoms with E-state index in [2.05, 4.69) is 26.4 Å². The fraction of sp³-hybridized carbons (Fsp3) is 0.0370. The predicted molar refractivity (Wildman–Crippen MR) is 136 cm³/mol. The van der Waals surface area contributed by atoms with Crippen LogP contribution < -0.4 is 21.1 Å². The quantitative estimate of drug-likeness (QED) is 0.336. The topological polar surface area (TPSA) is 139 Å². The van der Waals surface area contributed by atoms with Crippen molar-refractivity contribution in [1.29, 1.82) is 5.26 Å². The van der Waals surface area contributed by atoms with Gasteiger partial charge in [0.15, 0.2) is 0 Å². The van der Waals surface area contributed by atoms with Gasteiger partial charge in [0.1, 0.15) is 23.2 Å². The van der Waals surface area contributed by atoms with E-state index >= 15 is 0 Å². The van der Waals surface area contributed by atoms with E-state index in [0.717, 1.165) is 5.56 Å². The number of nitrogens with one attached hydrogen (secondary N) is 2. The number of benzene rings is 3. The fourth-order valence-corrected chi connectivity index (χ4v) is 3.43. The molecular weight excluding hydrogens is 458 g/mol. The zero-order chi connectivity index (χ0) is 25.5. The standard InChI is InChI=1S/C27H21N5O4/c1-35-26(33)30-20-11-7-18(8-12-20)24-15-22(23(16-28)25(29)32-24)17-9-13-21(14-10-17)36-27(34)31-19-5-3-2-4-6-19/h2-15H,1H3,(H2,29,32)(H,30,33)(H,31,34). The Balaban J connectivity index is 1.56. The molecule has 9 nitrogen and oxygen atoms in total. The molecule has 2 amide bonds. The third-order valence-electron chi connectivity index (χ3n) is 5.17. The summed E-state index contributed by atoms with van der Waals surface area (Å²) in [6, 6.07) is 26.5. The first-order valence-electron chi connectivity index (χ1n) is 10.8. The Hall–Kier alpha value is -5.36. The van der Waals surface area contributed by atoms with Crippen LogP contribution in [0.25, 0.3) is 22.4 Å². The molecule has 0 aliphatic rings. The van der Waals surface area contributed by atoms with Crippen LogP contribution in [0.2, 0.25) is 0 Å². The van der Waals surface area contributed by atoms with Crippen LogP contribution in [-0.4, -0.2) is 24.3 Å². The molecule has 4 rings (SSSR count). The molecule has 36 heavy (non-hydrogen) atoms. The maximum Gasteiger partial charge on any atom is 0.417 e. The molecular formula is C27H21N5O4. The zero-order valence-electron chi connectivity index (χ0n) is 19.2. The van der Waals surface area contributed by atoms with Crippen molar-refractivity contribution in [2.75, 3.05) is 23.5 Å². The van der Waals surface area contributed by atoms with Gasteiger partial charge in [-0.2, -0.15) is 5.26 Å². The van der Waals surface area contributed by atoms with Crippen LogP contribution in [0.15, 0.2) is 84.9 Å². The van der Waals surface area contributed by atoms with Crippen molar-refractivity contribution in [3.05, 3.63) is 90.5 Å². The van der Waals surface area contributed by atoms with Gasteiger partial charge < -0.3 is 15.2 Å². The maximum atomic E-state index is 12.2. The molecule has 0 radical (unpaired) electrons. The van der Waals surface area contributed by atoms with E-state index in [1.807, 2.05) is 6.07 Å². The Morgan fingerprint density at radius 3 is 2.11 bits per heavy atom. The average Bonchev–Trinajstić information content (AvgIpc) is 2.89. The Morgan fingerprint density at radius 2 is 1.47 bits per heavy atom. The summed E-state index contributed by atoms with van der Waals surface area (Å²) in [5.41, 5.74) is 10.1. The van der Waals surface area contributed by atoms with Crippen molar-refractivity contribution < 1.29 is 19.1 Å². The number of nitriles is 1. The summed E-state index contributed by atoms with van der Waals surface area (Å²) in [6.45, 7) is 0. The number of para-hydroxylation sites is 1. The molecule has 0 spiro atoms. The number of anilines is 3. The molecule has 0 fully saturated rings. The van der Waals surface area contributed by atoms with Gasteiger partial charge in [-0.05, 0) is 48.0 Å². The maximum absolute atomic E-state index is 12.2. The summed E-state index contributed by atoms with van der Waals surface area (Å²) in [4.78, 5) is 27.9. The zero-order valence-corrected chi connectivity index (χ0v) is 19.2. The average molecular weight is 479 g/mol. The van der Waals surface area contributed by atoms with E-state index in [0.29, 0.717) is 33.9 Å². The van der Waals surface area contributed by atoms with E-state index < -0.39 is 12.2 Å². The first kappa shape index (κ1) is 23.8. The van der Waals surface area contributed by atoms with Crippen molar-refractivity contribution in [2.45, 2.75) is 0 Å². The lowest BCUT2D eigenvalue weighted by Gasteiger charge is -2.12. The largest absolute Gasteiger partial charge is 0.453 e. The molecule has 0 saturated carbocycles. The molecule has 3 aromatic carbocycles. The second kappa shape index (κ2) is 10.7. The van der Waals surface area contributed by atoms with Crippen LogP contribution in [0.1, 0.15) is 5.56 Å². The summed E-state index contributed by atoms with van der Waals surface area (Å²) in [5, 5.41) is 14.9. The van der Waals surface area contributed by atoms with Crippen molar-refractivity contribution in [3.8, 4) is 34.2 Å². The van der Waals surface area contributed by atoms with E-state index in [4.69, 9.17) is 10.5 Å². The number of hydrogen-bond donors (Lipinski definition) is 3. The predicted octanol–water partition coefficient (Wildman–Crippen LogP) is 5.66. The molecule has 9 heteroatoms. The lowest BCUT2D eigenvalue weighted by atomic mass is 9.98. The number of nitrogens with two attached hydrogens (primary N) is 1. The smallest absolute Gasteiger partial charge is 0.417 e. The number of carbonyl (C=O) groups is 2. The molecule has 1 aromatic heterocycles. The molecule has 0 unspecified atom stereocenters. The number of pyridine rings is 1. The van der Waals surface area contributed by atoms with Crippen LogP contribution in [0, 0.1) is 11.3 Å². The minimum absolute atomic E-state index is 0.0873. The SMILES string of the molecule is COC(=O)Nc1ccc(-c2cc(-c3ccc(OC(=O)Nc4ccccc4)cc3)c(C#N)c(N)n2)cc1. The van der Waals surface area contributed by atoms with Gasteiger partial charge in [-0.15, -0.1) is 0 Å². The van der Waals surface area contributed by atoms with Crippen LogP contribution in [0.5, 0.6) is 5.75 Å². The van der Waals surface area contributed by atoms with Gasteiger partial charge in [0, 0.05) is 22.5 Å². The minimum Gasteiger partial charge on any atom is -0.453 e. The summed E-state index contributed by atoms with van der Waals surface area (Å²) in [7, 11) is 1.28. The number of hydrogen-bond acceptors (Lipinski definition) is 7. The van der Waals surface area contributed by atoms with Gasteiger partial charge in [0.05, 0.1) is 12.8 Å². The second-order valence-electron chi connectivity index (χ2n) is 7.53. The van der Waals surface area contributed by atoms with Gasteiger partial charge in [-0.25, -0.2) is 14.6 Å². The highest BCUT2D eigenvalue weighted by Gasteiger charge is 2.14. The third-order valence-corrected chi connectivity index (χ3v) is 5.17. The summed E-state index contributed by atoms with van der Waals surface area (Å²) >= 11 is 0. The number of ether oxygens (including phenoxy) is 2. The van der Waals surface area contributed by atoms with E-state index in [1.54, 1.807) is 78.9 Å². The van der Waals surface area contributed by atoms with Gasteiger partial charge in [-0.1, -0.05) is 42.5 Å². The molecule has 4 aromatic rings. The van der Waals surface area contributed by atoms with Gasteiger partial charge in [0.2, 0.25) is 0 Å². The molecule has 0 bridgehead atoms. The van der Waals surface area contributed by atoms with Crippen LogP contribution >= 0.6 is 0 Å². The van der Waals surface area contributed by atoms with Crippen LogP contribution in [-0.2, 0) is 4.74 Å². The molecule has 0 aliphatic carbocycles. The fourth-order valence-electron chi connectivity index (χ4n) is 3.43. The summed E-state index contributed by atoms with van der Waals surface area (Å²) < 4.78 is 9.93. The van der Waals surface area contributed by atoms with Gasteiger partial charge >= 0.3 is 12.2 Å². The van der Waals surface area contributed by atoms with Crippen LogP contribution in [0.4, 0.5) is 26.8 Å². The van der Waals surface area contributed by atoms with Gasteiger partial charge in [-0.3, -0.25) is 10.6 Å². The summed E-state index contributed by atoms with van der Waals surface area (Å²) in [6.07, 6.45) is -1.19. The monoisotopic (exact) mass is 479 g/mol. The molecule has 178 valence electrons. The molecule has 4 N–H and O–H groups in total. The minimum atomic E-state index is -0.618. The number of amides is 2. The first-order chi connectivity index (χ1) is 17.5. The number of nitrogens with zero attached hydrogens (tertiary/aromatic N) is 2. The van der Waals surface area contributed by atoms with Gasteiger partial charge in [0.25, 0.3) is 0 Å². The normalized spacial score (nSPS) is 10.1. The van der Waals surface area contributed by atoms with Crippen molar-refractivity contribution in [2.24, 2.45) is 0 Å². The highest BCUT2D eigenvalue weighted by atomic mass is 16.6. The number of methoxy groups -OCH3 is 1.